The van der Waals surface area contributed by atoms with Gasteiger partial charge in [0, 0.05) is 23.0 Å². The maximum absolute atomic E-state index is 12.5. The van der Waals surface area contributed by atoms with Gasteiger partial charge < -0.3 is 10.2 Å². The van der Waals surface area contributed by atoms with Crippen LogP contribution in [0.15, 0.2) is 24.3 Å². The van der Waals surface area contributed by atoms with Crippen molar-refractivity contribution in [2.45, 2.75) is 33.1 Å². The van der Waals surface area contributed by atoms with E-state index in [2.05, 4.69) is 0 Å². The molecule has 104 valence electrons. The molecule has 0 amide bonds. The zero-order chi connectivity index (χ0) is 14.7. The molecule has 0 aromatic heterocycles. The van der Waals surface area contributed by atoms with Gasteiger partial charge in [-0.05, 0) is 26.7 Å². The minimum atomic E-state index is -1.10. The summed E-state index contributed by atoms with van der Waals surface area (Å²) in [6.07, 6.45) is 6.66. The van der Waals surface area contributed by atoms with Crippen molar-refractivity contribution < 1.29 is 24.6 Å². The quantitative estimate of drug-likeness (QED) is 0.760. The zero-order valence-corrected chi connectivity index (χ0v) is 11.0. The van der Waals surface area contributed by atoms with Crippen molar-refractivity contribution in [1.82, 2.24) is 0 Å². The molecule has 0 heterocycles. The lowest BCUT2D eigenvalue weighted by atomic mass is 9.62. The first kappa shape index (κ1) is 15.1. The first-order chi connectivity index (χ1) is 8.69. The number of Topliss-reactive ketones (excluding diaryl/α,β-unsaturated/α-hetero) is 1. The smallest absolute Gasteiger partial charge is 0.328 e. The fourth-order valence-electron chi connectivity index (χ4n) is 2.53. The van der Waals surface area contributed by atoms with Gasteiger partial charge in [-0.25, -0.2) is 9.59 Å². The fourth-order valence-corrected chi connectivity index (χ4v) is 2.53. The lowest BCUT2D eigenvalue weighted by Crippen LogP contribution is -2.42. The number of carboxylic acid groups (broad SMARTS) is 2. The Morgan fingerprint density at radius 2 is 1.37 bits per heavy atom. The largest absolute Gasteiger partial charge is 0.478 e. The number of aliphatic carboxylic acids is 2. The third-order valence-electron chi connectivity index (χ3n) is 3.62. The zero-order valence-electron chi connectivity index (χ0n) is 11.0. The van der Waals surface area contributed by atoms with Crippen LogP contribution in [0.3, 0.4) is 0 Å². The second-order valence-corrected chi connectivity index (χ2v) is 5.36. The van der Waals surface area contributed by atoms with E-state index in [4.69, 9.17) is 10.2 Å². The van der Waals surface area contributed by atoms with Gasteiger partial charge in [-0.2, -0.15) is 0 Å². The molecule has 0 bridgehead atoms. The molecule has 1 rings (SSSR count). The Labute approximate surface area is 111 Å². The lowest BCUT2D eigenvalue weighted by molar-refractivity contribution is -0.136. The summed E-state index contributed by atoms with van der Waals surface area (Å²) >= 11 is 0. The van der Waals surface area contributed by atoms with Gasteiger partial charge in [0.25, 0.3) is 0 Å². The first-order valence-corrected chi connectivity index (χ1v) is 6.09. The van der Waals surface area contributed by atoms with E-state index in [0.29, 0.717) is 12.8 Å². The standard InChI is InChI=1S/C14H18O5/c1-13(8-4-10(15)16)6-3-7-14(2,12(13)19)9-5-11(17)18/h4-5,8-9H,3,6-7H2,1-2H3,(H,15,16)(H,17,18)/b8-4+,9-5+/t13-,14-/m1/s1. The van der Waals surface area contributed by atoms with Crippen molar-refractivity contribution in [1.29, 1.82) is 0 Å². The molecule has 2 atom stereocenters. The minimum Gasteiger partial charge on any atom is -0.478 e. The summed E-state index contributed by atoms with van der Waals surface area (Å²) < 4.78 is 0. The highest BCUT2D eigenvalue weighted by molar-refractivity contribution is 5.95. The van der Waals surface area contributed by atoms with Gasteiger partial charge >= 0.3 is 11.9 Å². The summed E-state index contributed by atoms with van der Waals surface area (Å²) in [7, 11) is 0. The van der Waals surface area contributed by atoms with Gasteiger partial charge in [-0.1, -0.05) is 18.6 Å². The van der Waals surface area contributed by atoms with Crippen molar-refractivity contribution in [3.05, 3.63) is 24.3 Å². The van der Waals surface area contributed by atoms with E-state index in [0.717, 1.165) is 18.6 Å². The first-order valence-electron chi connectivity index (χ1n) is 6.09. The summed E-state index contributed by atoms with van der Waals surface area (Å²) in [5.74, 6) is -2.33. The third-order valence-corrected chi connectivity index (χ3v) is 3.62. The van der Waals surface area contributed by atoms with E-state index in [9.17, 15) is 14.4 Å². The highest BCUT2D eigenvalue weighted by atomic mass is 16.4. The molecule has 0 spiro atoms. The SMILES string of the molecule is C[C@]1(/C=C/C(=O)O)CCC[C@](C)(/C=C/C(=O)O)C1=O. The van der Waals surface area contributed by atoms with Crippen LogP contribution in [0.5, 0.6) is 0 Å². The Bertz CT molecular complexity index is 422. The molecule has 0 aromatic carbocycles. The maximum Gasteiger partial charge on any atom is 0.328 e. The summed E-state index contributed by atoms with van der Waals surface area (Å²) in [6.45, 7) is 3.39. The van der Waals surface area contributed by atoms with Gasteiger partial charge in [0.15, 0.2) is 5.78 Å². The second-order valence-electron chi connectivity index (χ2n) is 5.36. The summed E-state index contributed by atoms with van der Waals surface area (Å²) in [5, 5.41) is 17.3. The summed E-state index contributed by atoms with van der Waals surface area (Å²) in [5.41, 5.74) is -1.71. The molecule has 0 aromatic rings. The highest BCUT2D eigenvalue weighted by Crippen LogP contribution is 2.44. The van der Waals surface area contributed by atoms with Crippen LogP contribution in [-0.4, -0.2) is 27.9 Å². The molecular weight excluding hydrogens is 248 g/mol. The number of allylic oxidation sites excluding steroid dienone is 2. The fraction of sp³-hybridized carbons (Fsp3) is 0.500. The Morgan fingerprint density at radius 1 is 1.00 bits per heavy atom. The van der Waals surface area contributed by atoms with E-state index in [-0.39, 0.29) is 5.78 Å². The third kappa shape index (κ3) is 3.53. The number of carboxylic acids is 2. The Hall–Kier alpha value is -1.91. The van der Waals surface area contributed by atoms with Crippen molar-refractivity contribution >= 4 is 17.7 Å². The predicted octanol–water partition coefficient (Wildman–Crippen LogP) is 2.03. The summed E-state index contributed by atoms with van der Waals surface area (Å²) in [4.78, 5) is 33.7. The number of carbonyl (C=O) groups excluding carboxylic acids is 1. The number of hydrogen-bond donors (Lipinski definition) is 2. The molecule has 5 nitrogen and oxygen atoms in total. The average molecular weight is 266 g/mol. The summed E-state index contributed by atoms with van der Waals surface area (Å²) in [6, 6.07) is 0. The number of hydrogen-bond acceptors (Lipinski definition) is 3. The molecular formula is C14H18O5. The van der Waals surface area contributed by atoms with Gasteiger partial charge in [0.2, 0.25) is 0 Å². The average Bonchev–Trinajstić information content (AvgIpc) is 2.32. The molecule has 2 N–H and O–H groups in total. The molecule has 19 heavy (non-hydrogen) atoms. The molecule has 0 radical (unpaired) electrons. The molecule has 1 fully saturated rings. The van der Waals surface area contributed by atoms with Crippen LogP contribution in [-0.2, 0) is 14.4 Å². The van der Waals surface area contributed by atoms with E-state index >= 15 is 0 Å². The van der Waals surface area contributed by atoms with Crippen LogP contribution in [0.4, 0.5) is 0 Å². The monoisotopic (exact) mass is 266 g/mol. The van der Waals surface area contributed by atoms with E-state index in [1.54, 1.807) is 13.8 Å². The molecule has 1 aliphatic rings. The van der Waals surface area contributed by atoms with Crippen molar-refractivity contribution in [2.75, 3.05) is 0 Å². The van der Waals surface area contributed by atoms with E-state index in [1.807, 2.05) is 0 Å². The molecule has 0 saturated heterocycles. The molecule has 0 unspecified atom stereocenters. The van der Waals surface area contributed by atoms with Gasteiger partial charge in [0.05, 0.1) is 0 Å². The van der Waals surface area contributed by atoms with Gasteiger partial charge in [-0.15, -0.1) is 0 Å². The van der Waals surface area contributed by atoms with Gasteiger partial charge in [0.1, 0.15) is 0 Å². The number of rotatable bonds is 4. The number of carbonyl (C=O) groups is 3. The van der Waals surface area contributed by atoms with Crippen LogP contribution in [0.25, 0.3) is 0 Å². The predicted molar refractivity (Wildman–Crippen MR) is 68.6 cm³/mol. The van der Waals surface area contributed by atoms with Crippen LogP contribution in [0.2, 0.25) is 0 Å². The Kier molecular flexibility index (Phi) is 4.29. The maximum atomic E-state index is 12.5. The highest BCUT2D eigenvalue weighted by Gasteiger charge is 2.45. The van der Waals surface area contributed by atoms with Crippen LogP contribution in [0, 0.1) is 10.8 Å². The second kappa shape index (κ2) is 5.38. The molecule has 0 aliphatic heterocycles. The Morgan fingerprint density at radius 3 is 1.68 bits per heavy atom. The topological polar surface area (TPSA) is 91.7 Å². The van der Waals surface area contributed by atoms with Crippen LogP contribution < -0.4 is 0 Å². The van der Waals surface area contributed by atoms with Crippen molar-refractivity contribution in [2.24, 2.45) is 10.8 Å². The molecule has 5 heteroatoms. The lowest BCUT2D eigenvalue weighted by Gasteiger charge is -2.39. The van der Waals surface area contributed by atoms with Crippen LogP contribution in [0.1, 0.15) is 33.1 Å². The normalized spacial score (nSPS) is 32.0. The molecule has 1 saturated carbocycles. The van der Waals surface area contributed by atoms with E-state index in [1.165, 1.54) is 12.2 Å². The Balaban J connectivity index is 3.04. The van der Waals surface area contributed by atoms with Gasteiger partial charge in [-0.3, -0.25) is 4.79 Å². The molecule has 1 aliphatic carbocycles. The van der Waals surface area contributed by atoms with E-state index < -0.39 is 22.8 Å². The minimum absolute atomic E-state index is 0.138. The van der Waals surface area contributed by atoms with Crippen molar-refractivity contribution in [3.8, 4) is 0 Å². The number of ketones is 1. The van der Waals surface area contributed by atoms with Crippen molar-refractivity contribution in [3.63, 3.8) is 0 Å². The van der Waals surface area contributed by atoms with Crippen LogP contribution >= 0.6 is 0 Å².